The third-order valence-electron chi connectivity index (χ3n) is 2.67. The highest BCUT2D eigenvalue weighted by Crippen LogP contribution is 2.40. The molecule has 1 unspecified atom stereocenters. The van der Waals surface area contributed by atoms with Gasteiger partial charge in [-0.05, 0) is 11.6 Å². The Morgan fingerprint density at radius 3 is 3.08 bits per heavy atom. The molecular formula is C9H7N3O. The third kappa shape index (κ3) is 0.638. The average Bonchev–Trinajstić information content (AvgIpc) is 2.43. The topological polar surface area (TPSA) is 67.8 Å². The molecule has 4 aliphatic rings. The lowest BCUT2D eigenvalue weighted by molar-refractivity contribution is -0.121. The summed E-state index contributed by atoms with van der Waals surface area (Å²) < 4.78 is 0. The molecule has 13 heavy (non-hydrogen) atoms. The van der Waals surface area contributed by atoms with E-state index < -0.39 is 11.4 Å². The molecule has 3 heterocycles. The largest absolute Gasteiger partial charge is 0.367 e. The molecule has 4 rings (SSSR count). The molecular weight excluding hydrogens is 166 g/mol. The van der Waals surface area contributed by atoms with Crippen molar-refractivity contribution < 1.29 is 4.79 Å². The molecule has 0 radical (unpaired) electrons. The summed E-state index contributed by atoms with van der Waals surface area (Å²) in [5.41, 5.74) is 7.43. The quantitative estimate of drug-likeness (QED) is 0.594. The number of carbonyl (C=O) groups is 1. The highest BCUT2D eigenvalue weighted by molar-refractivity contribution is 6.07. The minimum absolute atomic E-state index is 0.400. The zero-order valence-corrected chi connectivity index (χ0v) is 6.82. The predicted molar refractivity (Wildman–Crippen MR) is 48.6 cm³/mol. The number of rotatable bonds is 1. The van der Waals surface area contributed by atoms with Gasteiger partial charge in [-0.2, -0.15) is 0 Å². The number of hydrogen-bond donors (Lipinski definition) is 1. The van der Waals surface area contributed by atoms with E-state index in [2.05, 4.69) is 9.98 Å². The standard InChI is InChI=1S/C9H7N3O/c10-8(13)9-1-5-3-11-7(2-9)6(5)4-12-9/h2-4H,1H2,(H2,10,13). The van der Waals surface area contributed by atoms with Crippen LogP contribution in [-0.4, -0.2) is 23.9 Å². The van der Waals surface area contributed by atoms with Crippen LogP contribution in [0.1, 0.15) is 6.42 Å². The number of dihydropyridines is 1. The zero-order chi connectivity index (χ0) is 9.05. The van der Waals surface area contributed by atoms with Gasteiger partial charge >= 0.3 is 0 Å². The maximum absolute atomic E-state index is 11.2. The summed E-state index contributed by atoms with van der Waals surface area (Å²) in [5.74, 6) is -0.400. The van der Waals surface area contributed by atoms with Crippen LogP contribution in [0.3, 0.4) is 0 Å². The van der Waals surface area contributed by atoms with Crippen molar-refractivity contribution in [2.24, 2.45) is 15.7 Å². The molecule has 4 heteroatoms. The number of nitrogens with zero attached hydrogens (tertiary/aromatic N) is 2. The summed E-state index contributed by atoms with van der Waals surface area (Å²) in [6, 6.07) is 0. The normalized spacial score (nSPS) is 32.8. The summed E-state index contributed by atoms with van der Waals surface area (Å²) >= 11 is 0. The van der Waals surface area contributed by atoms with Crippen LogP contribution in [0.25, 0.3) is 0 Å². The summed E-state index contributed by atoms with van der Waals surface area (Å²) in [4.78, 5) is 19.6. The first-order valence-corrected chi connectivity index (χ1v) is 4.07. The Balaban J connectivity index is 2.24. The summed E-state index contributed by atoms with van der Waals surface area (Å²) in [6.45, 7) is 0. The average molecular weight is 173 g/mol. The van der Waals surface area contributed by atoms with Gasteiger partial charge in [0.1, 0.15) is 0 Å². The Bertz CT molecular complexity index is 442. The SMILES string of the molecule is NC(=O)C12C=C3N=CC(=C3C=N1)C2. The van der Waals surface area contributed by atoms with Crippen molar-refractivity contribution in [1.82, 2.24) is 0 Å². The fourth-order valence-electron chi connectivity index (χ4n) is 1.91. The van der Waals surface area contributed by atoms with Crippen molar-refractivity contribution in [3.63, 3.8) is 0 Å². The minimum Gasteiger partial charge on any atom is -0.367 e. The van der Waals surface area contributed by atoms with Crippen LogP contribution in [0, 0.1) is 0 Å². The van der Waals surface area contributed by atoms with Crippen LogP contribution in [0.5, 0.6) is 0 Å². The van der Waals surface area contributed by atoms with Crippen molar-refractivity contribution >= 4 is 18.3 Å². The van der Waals surface area contributed by atoms with Gasteiger partial charge < -0.3 is 5.73 Å². The minimum atomic E-state index is -0.844. The molecule has 0 saturated heterocycles. The Morgan fingerprint density at radius 1 is 1.54 bits per heavy atom. The van der Waals surface area contributed by atoms with Gasteiger partial charge in [0.15, 0.2) is 5.54 Å². The molecule has 0 aromatic heterocycles. The van der Waals surface area contributed by atoms with Crippen LogP contribution < -0.4 is 5.73 Å². The second kappa shape index (κ2) is 1.79. The zero-order valence-electron chi connectivity index (χ0n) is 6.82. The van der Waals surface area contributed by atoms with E-state index in [0.29, 0.717) is 6.42 Å². The van der Waals surface area contributed by atoms with E-state index in [0.717, 1.165) is 16.8 Å². The van der Waals surface area contributed by atoms with Crippen LogP contribution in [0.2, 0.25) is 0 Å². The van der Waals surface area contributed by atoms with Crippen LogP contribution in [0.15, 0.2) is 32.9 Å². The van der Waals surface area contributed by atoms with E-state index in [1.165, 1.54) is 0 Å². The molecule has 1 atom stereocenters. The molecule has 0 saturated carbocycles. The summed E-state index contributed by atoms with van der Waals surface area (Å²) in [6.07, 6.45) is 5.82. The second-order valence-electron chi connectivity index (χ2n) is 3.45. The molecule has 0 aromatic rings. The van der Waals surface area contributed by atoms with E-state index in [9.17, 15) is 4.79 Å². The van der Waals surface area contributed by atoms with Crippen molar-refractivity contribution in [1.29, 1.82) is 0 Å². The number of amides is 1. The highest BCUT2D eigenvalue weighted by atomic mass is 16.1. The molecule has 4 bridgehead atoms. The maximum atomic E-state index is 11.2. The molecule has 64 valence electrons. The van der Waals surface area contributed by atoms with E-state index in [-0.39, 0.29) is 0 Å². The highest BCUT2D eigenvalue weighted by Gasteiger charge is 2.43. The van der Waals surface area contributed by atoms with E-state index in [1.807, 2.05) is 0 Å². The second-order valence-corrected chi connectivity index (χ2v) is 3.45. The molecule has 4 nitrogen and oxygen atoms in total. The lowest BCUT2D eigenvalue weighted by atomic mass is 9.81. The first-order valence-electron chi connectivity index (χ1n) is 4.07. The first-order chi connectivity index (χ1) is 6.21. The van der Waals surface area contributed by atoms with Gasteiger partial charge in [-0.1, -0.05) is 0 Å². The first kappa shape index (κ1) is 6.77. The number of allylic oxidation sites excluding steroid dienone is 1. The van der Waals surface area contributed by atoms with Crippen molar-refractivity contribution in [2.75, 3.05) is 0 Å². The molecule has 1 amide bonds. The van der Waals surface area contributed by atoms with Crippen molar-refractivity contribution in [3.8, 4) is 0 Å². The number of aliphatic imine (C=N–C) groups is 2. The molecule has 0 aromatic carbocycles. The van der Waals surface area contributed by atoms with Gasteiger partial charge in [0.05, 0.1) is 5.70 Å². The Hall–Kier alpha value is -1.71. The lowest BCUT2D eigenvalue weighted by Gasteiger charge is -2.30. The predicted octanol–water partition coefficient (Wildman–Crippen LogP) is -0.0365. The Morgan fingerprint density at radius 2 is 2.38 bits per heavy atom. The lowest BCUT2D eigenvalue weighted by Crippen LogP contribution is -2.44. The van der Waals surface area contributed by atoms with E-state index in [4.69, 9.17) is 5.73 Å². The monoisotopic (exact) mass is 173 g/mol. The summed E-state index contributed by atoms with van der Waals surface area (Å²) in [7, 11) is 0. The van der Waals surface area contributed by atoms with Gasteiger partial charge in [-0.15, -0.1) is 0 Å². The van der Waals surface area contributed by atoms with Crippen LogP contribution in [-0.2, 0) is 4.79 Å². The van der Waals surface area contributed by atoms with Gasteiger partial charge in [-0.3, -0.25) is 14.8 Å². The van der Waals surface area contributed by atoms with Crippen molar-refractivity contribution in [3.05, 3.63) is 22.9 Å². The van der Waals surface area contributed by atoms with Gasteiger partial charge in [-0.25, -0.2) is 0 Å². The summed E-state index contributed by atoms with van der Waals surface area (Å²) in [5, 5.41) is 0. The van der Waals surface area contributed by atoms with Crippen molar-refractivity contribution in [2.45, 2.75) is 12.0 Å². The van der Waals surface area contributed by atoms with Gasteiger partial charge in [0.25, 0.3) is 0 Å². The molecule has 1 aliphatic carbocycles. The fourth-order valence-corrected chi connectivity index (χ4v) is 1.91. The van der Waals surface area contributed by atoms with Crippen LogP contribution in [0.4, 0.5) is 0 Å². The third-order valence-corrected chi connectivity index (χ3v) is 2.67. The van der Waals surface area contributed by atoms with Gasteiger partial charge in [0.2, 0.25) is 5.91 Å². The fraction of sp³-hybridized carbons (Fsp3) is 0.222. The number of hydrogen-bond acceptors (Lipinski definition) is 3. The molecule has 0 spiro atoms. The molecule has 3 aliphatic heterocycles. The van der Waals surface area contributed by atoms with Crippen LogP contribution >= 0.6 is 0 Å². The maximum Gasteiger partial charge on any atom is 0.249 e. The smallest absolute Gasteiger partial charge is 0.249 e. The molecule has 2 N–H and O–H groups in total. The number of carbonyl (C=O) groups excluding carboxylic acids is 1. The Labute approximate surface area is 74.6 Å². The van der Waals surface area contributed by atoms with Gasteiger partial charge in [0, 0.05) is 24.4 Å². The van der Waals surface area contributed by atoms with E-state index >= 15 is 0 Å². The number of primary amides is 1. The van der Waals surface area contributed by atoms with E-state index in [1.54, 1.807) is 18.5 Å². The number of nitrogens with two attached hydrogens (primary N) is 1. The molecule has 0 fully saturated rings. The Kier molecular flexibility index (Phi) is 0.931.